The van der Waals surface area contributed by atoms with Crippen molar-refractivity contribution in [1.82, 2.24) is 4.98 Å². The molecule has 0 aliphatic carbocycles. The lowest BCUT2D eigenvalue weighted by Crippen LogP contribution is -2.01. The largest absolute Gasteiger partial charge is 0.377 e. The van der Waals surface area contributed by atoms with Crippen LogP contribution in [-0.4, -0.2) is 4.98 Å². The maximum Gasteiger partial charge on any atom is 0.154 e. The van der Waals surface area contributed by atoms with Crippen LogP contribution < -0.4 is 5.32 Å². The van der Waals surface area contributed by atoms with Crippen molar-refractivity contribution in [3.63, 3.8) is 0 Å². The Bertz CT molecular complexity index is 728. The van der Waals surface area contributed by atoms with Crippen molar-refractivity contribution in [2.75, 3.05) is 5.32 Å². The van der Waals surface area contributed by atoms with Crippen molar-refractivity contribution < 1.29 is 0 Å². The first-order valence-corrected chi connectivity index (χ1v) is 8.83. The third kappa shape index (κ3) is 3.40. The standard InChI is InChI=1S/C15H12Cl2N2S2/c1-9-5-13(16)19-15(17)14(9)18-7-11-6-10(8-21-11)12-3-2-4-20-12/h2-6,8,18H,7H2,1H3. The maximum atomic E-state index is 6.13. The molecule has 6 heteroatoms. The van der Waals surface area contributed by atoms with Gasteiger partial charge < -0.3 is 5.32 Å². The number of aryl methyl sites for hydroxylation is 1. The minimum absolute atomic E-state index is 0.412. The Morgan fingerprint density at radius 2 is 2.10 bits per heavy atom. The summed E-state index contributed by atoms with van der Waals surface area (Å²) in [6.45, 7) is 2.69. The fourth-order valence-corrected chi connectivity index (χ4v) is 4.24. The molecule has 0 atom stereocenters. The molecule has 0 saturated carbocycles. The predicted octanol–water partition coefficient (Wildman–Crippen LogP) is 6.10. The van der Waals surface area contributed by atoms with Crippen molar-refractivity contribution >= 4 is 51.6 Å². The van der Waals surface area contributed by atoms with Gasteiger partial charge in [0.05, 0.1) is 5.69 Å². The van der Waals surface area contributed by atoms with Gasteiger partial charge >= 0.3 is 0 Å². The van der Waals surface area contributed by atoms with E-state index in [1.54, 1.807) is 28.7 Å². The fraction of sp³-hybridized carbons (Fsp3) is 0.133. The number of halogens is 2. The van der Waals surface area contributed by atoms with Crippen LogP contribution in [0.5, 0.6) is 0 Å². The van der Waals surface area contributed by atoms with E-state index in [0.29, 0.717) is 10.3 Å². The van der Waals surface area contributed by atoms with Gasteiger partial charge in [-0.15, -0.1) is 22.7 Å². The summed E-state index contributed by atoms with van der Waals surface area (Å²) >= 11 is 15.5. The first kappa shape index (κ1) is 14.9. The van der Waals surface area contributed by atoms with Gasteiger partial charge in [0, 0.05) is 21.9 Å². The minimum Gasteiger partial charge on any atom is -0.377 e. The predicted molar refractivity (Wildman–Crippen MR) is 94.0 cm³/mol. The lowest BCUT2D eigenvalue weighted by Gasteiger charge is -2.10. The summed E-state index contributed by atoms with van der Waals surface area (Å²) in [7, 11) is 0. The molecule has 0 saturated heterocycles. The van der Waals surface area contributed by atoms with Crippen molar-refractivity contribution in [1.29, 1.82) is 0 Å². The summed E-state index contributed by atoms with van der Waals surface area (Å²) in [6.07, 6.45) is 0. The molecule has 0 spiro atoms. The quantitative estimate of drug-likeness (QED) is 0.572. The zero-order chi connectivity index (χ0) is 14.8. The number of rotatable bonds is 4. The molecule has 0 fully saturated rings. The second-order valence-electron chi connectivity index (χ2n) is 4.56. The normalized spacial score (nSPS) is 10.8. The number of hydrogen-bond donors (Lipinski definition) is 1. The molecular weight excluding hydrogens is 343 g/mol. The van der Waals surface area contributed by atoms with Gasteiger partial charge in [0.15, 0.2) is 5.15 Å². The smallest absolute Gasteiger partial charge is 0.154 e. The summed E-state index contributed by atoms with van der Waals surface area (Å²) in [6, 6.07) is 8.21. The maximum absolute atomic E-state index is 6.13. The van der Waals surface area contributed by atoms with Crippen LogP contribution in [0.3, 0.4) is 0 Å². The molecule has 0 unspecified atom stereocenters. The highest BCUT2D eigenvalue weighted by Crippen LogP contribution is 2.31. The Morgan fingerprint density at radius 1 is 1.24 bits per heavy atom. The third-order valence-electron chi connectivity index (χ3n) is 3.04. The molecule has 0 radical (unpaired) electrons. The van der Waals surface area contributed by atoms with Gasteiger partial charge in [0.1, 0.15) is 5.15 Å². The SMILES string of the molecule is Cc1cc(Cl)nc(Cl)c1NCc1cc(-c2cccs2)cs1. The van der Waals surface area contributed by atoms with Crippen molar-refractivity contribution in [3.8, 4) is 10.4 Å². The van der Waals surface area contributed by atoms with Gasteiger partial charge in [0.25, 0.3) is 0 Å². The second-order valence-corrected chi connectivity index (χ2v) is 7.25. The van der Waals surface area contributed by atoms with E-state index in [-0.39, 0.29) is 0 Å². The number of hydrogen-bond acceptors (Lipinski definition) is 4. The van der Waals surface area contributed by atoms with Gasteiger partial charge in [-0.1, -0.05) is 29.3 Å². The number of thiophene rings is 2. The monoisotopic (exact) mass is 354 g/mol. The molecule has 0 aromatic carbocycles. The van der Waals surface area contributed by atoms with E-state index in [1.807, 2.05) is 6.92 Å². The number of aromatic nitrogens is 1. The molecule has 3 rings (SSSR count). The molecule has 3 aromatic heterocycles. The first-order chi connectivity index (χ1) is 10.1. The van der Waals surface area contributed by atoms with Crippen LogP contribution in [0.25, 0.3) is 10.4 Å². The van der Waals surface area contributed by atoms with Gasteiger partial charge in [-0.2, -0.15) is 0 Å². The minimum atomic E-state index is 0.412. The Morgan fingerprint density at radius 3 is 2.81 bits per heavy atom. The van der Waals surface area contributed by atoms with Crippen LogP contribution >= 0.6 is 45.9 Å². The van der Waals surface area contributed by atoms with Crippen LogP contribution in [0.1, 0.15) is 10.4 Å². The van der Waals surface area contributed by atoms with E-state index in [4.69, 9.17) is 23.2 Å². The summed E-state index contributed by atoms with van der Waals surface area (Å²) < 4.78 is 0. The van der Waals surface area contributed by atoms with Gasteiger partial charge in [0.2, 0.25) is 0 Å². The Balaban J connectivity index is 1.74. The lowest BCUT2D eigenvalue weighted by molar-refractivity contribution is 1.16. The zero-order valence-corrected chi connectivity index (χ0v) is 14.3. The Kier molecular flexibility index (Phi) is 4.50. The number of nitrogens with zero attached hydrogens (tertiary/aromatic N) is 1. The van der Waals surface area contributed by atoms with E-state index in [1.165, 1.54) is 15.3 Å². The summed E-state index contributed by atoms with van der Waals surface area (Å²) in [5.41, 5.74) is 3.10. The van der Waals surface area contributed by atoms with Crippen LogP contribution in [-0.2, 0) is 6.54 Å². The average molecular weight is 355 g/mol. The molecule has 108 valence electrons. The summed E-state index contributed by atoms with van der Waals surface area (Å²) in [5, 5.41) is 8.44. The van der Waals surface area contributed by atoms with Crippen LogP contribution in [0.15, 0.2) is 35.0 Å². The van der Waals surface area contributed by atoms with Crippen LogP contribution in [0.4, 0.5) is 5.69 Å². The molecule has 0 aliphatic heterocycles. The topological polar surface area (TPSA) is 24.9 Å². The van der Waals surface area contributed by atoms with E-state index in [0.717, 1.165) is 17.8 Å². The van der Waals surface area contributed by atoms with E-state index >= 15 is 0 Å². The van der Waals surface area contributed by atoms with Crippen molar-refractivity contribution in [2.24, 2.45) is 0 Å². The van der Waals surface area contributed by atoms with Crippen molar-refractivity contribution in [2.45, 2.75) is 13.5 Å². The Labute approximate surface area is 141 Å². The highest BCUT2D eigenvalue weighted by atomic mass is 35.5. The molecule has 21 heavy (non-hydrogen) atoms. The summed E-state index contributed by atoms with van der Waals surface area (Å²) in [5.74, 6) is 0. The van der Waals surface area contributed by atoms with Gasteiger partial charge in [-0.3, -0.25) is 0 Å². The van der Waals surface area contributed by atoms with Crippen LogP contribution in [0.2, 0.25) is 10.3 Å². The second kappa shape index (κ2) is 6.36. The molecule has 2 nitrogen and oxygen atoms in total. The highest BCUT2D eigenvalue weighted by Gasteiger charge is 2.09. The number of anilines is 1. The fourth-order valence-electron chi connectivity index (χ4n) is 2.03. The van der Waals surface area contributed by atoms with Gasteiger partial charge in [-0.05, 0) is 41.4 Å². The molecule has 0 bridgehead atoms. The molecule has 3 heterocycles. The number of nitrogens with one attached hydrogen (secondary N) is 1. The molecule has 0 amide bonds. The van der Waals surface area contributed by atoms with E-state index < -0.39 is 0 Å². The van der Waals surface area contributed by atoms with E-state index in [9.17, 15) is 0 Å². The van der Waals surface area contributed by atoms with Crippen LogP contribution in [0, 0.1) is 6.92 Å². The van der Waals surface area contributed by atoms with Crippen molar-refractivity contribution in [3.05, 3.63) is 55.8 Å². The third-order valence-corrected chi connectivity index (χ3v) is 5.36. The summed E-state index contributed by atoms with van der Waals surface area (Å²) in [4.78, 5) is 6.61. The first-order valence-electron chi connectivity index (χ1n) is 6.31. The molecule has 3 aromatic rings. The average Bonchev–Trinajstić information content (AvgIpc) is 3.08. The molecule has 0 aliphatic rings. The number of pyridine rings is 1. The molecule has 1 N–H and O–H groups in total. The van der Waals surface area contributed by atoms with E-state index in [2.05, 4.69) is 39.3 Å². The Hall–Kier alpha value is -1.07. The lowest BCUT2D eigenvalue weighted by atomic mass is 10.2. The van der Waals surface area contributed by atoms with Gasteiger partial charge in [-0.25, -0.2) is 4.98 Å². The molecular formula is C15H12Cl2N2S2. The highest BCUT2D eigenvalue weighted by molar-refractivity contribution is 7.14. The zero-order valence-electron chi connectivity index (χ0n) is 11.2.